The second-order valence-electron chi connectivity index (χ2n) is 3.98. The summed E-state index contributed by atoms with van der Waals surface area (Å²) in [5.74, 6) is 1.63. The maximum absolute atomic E-state index is 4.55. The van der Waals surface area contributed by atoms with Crippen LogP contribution in [0, 0.1) is 0 Å². The lowest BCUT2D eigenvalue weighted by Crippen LogP contribution is -2.12. The molecule has 0 aromatic carbocycles. The van der Waals surface area contributed by atoms with Crippen LogP contribution in [-0.2, 0) is 0 Å². The fourth-order valence-electron chi connectivity index (χ4n) is 1.54. The number of rotatable bonds is 3. The first-order valence-corrected chi connectivity index (χ1v) is 6.00. The van der Waals surface area contributed by atoms with Crippen molar-refractivity contribution < 1.29 is 0 Å². The summed E-state index contributed by atoms with van der Waals surface area (Å²) in [6, 6.07) is 0.281. The van der Waals surface area contributed by atoms with Gasteiger partial charge in [0.1, 0.15) is 5.01 Å². The van der Waals surface area contributed by atoms with E-state index >= 15 is 0 Å². The highest BCUT2D eigenvalue weighted by molar-refractivity contribution is 7.16. The molecule has 1 saturated carbocycles. The second-order valence-corrected chi connectivity index (χ2v) is 4.97. The van der Waals surface area contributed by atoms with Crippen LogP contribution in [0.3, 0.4) is 0 Å². The quantitative estimate of drug-likeness (QED) is 0.853. The molecule has 1 fully saturated rings. The molecule has 0 aliphatic heterocycles. The zero-order chi connectivity index (χ0) is 10.4. The van der Waals surface area contributed by atoms with E-state index in [1.165, 1.54) is 12.8 Å². The van der Waals surface area contributed by atoms with Gasteiger partial charge in [-0.15, -0.1) is 10.2 Å². The van der Waals surface area contributed by atoms with Crippen LogP contribution < -0.4 is 5.32 Å². The van der Waals surface area contributed by atoms with E-state index < -0.39 is 0 Å². The van der Waals surface area contributed by atoms with Crippen molar-refractivity contribution in [2.45, 2.75) is 31.7 Å². The molecule has 15 heavy (non-hydrogen) atoms. The van der Waals surface area contributed by atoms with Crippen LogP contribution in [0.1, 0.15) is 42.6 Å². The summed E-state index contributed by atoms with van der Waals surface area (Å²) in [6.45, 7) is 2.10. The number of nitrogens with zero attached hydrogens (tertiary/aromatic N) is 4. The van der Waals surface area contributed by atoms with Gasteiger partial charge in [0.2, 0.25) is 4.96 Å². The molecule has 1 N–H and O–H groups in total. The Morgan fingerprint density at radius 3 is 2.93 bits per heavy atom. The molecule has 1 aliphatic rings. The van der Waals surface area contributed by atoms with Crippen LogP contribution in [0.2, 0.25) is 0 Å². The fourth-order valence-corrected chi connectivity index (χ4v) is 2.45. The normalized spacial score (nSPS) is 18.5. The number of hydrogen-bond acceptors (Lipinski definition) is 5. The Hall–Kier alpha value is -1.01. The minimum Gasteiger partial charge on any atom is -0.311 e. The zero-order valence-electron chi connectivity index (χ0n) is 8.77. The second kappa shape index (κ2) is 3.24. The summed E-state index contributed by atoms with van der Waals surface area (Å²) in [7, 11) is 1.94. The summed E-state index contributed by atoms with van der Waals surface area (Å²) in [5.41, 5.74) is 0. The van der Waals surface area contributed by atoms with Gasteiger partial charge >= 0.3 is 0 Å². The summed E-state index contributed by atoms with van der Waals surface area (Å²) in [5, 5.41) is 17.2. The van der Waals surface area contributed by atoms with E-state index in [0.717, 1.165) is 15.8 Å². The third-order valence-corrected chi connectivity index (χ3v) is 3.86. The van der Waals surface area contributed by atoms with Gasteiger partial charge in [-0.25, -0.2) is 0 Å². The number of fused-ring (bicyclic) bond motifs is 1. The molecule has 5 nitrogen and oxygen atoms in total. The molecule has 6 heteroatoms. The lowest BCUT2D eigenvalue weighted by atomic mass is 10.4. The van der Waals surface area contributed by atoms with Crippen molar-refractivity contribution in [1.82, 2.24) is 25.1 Å². The van der Waals surface area contributed by atoms with Crippen molar-refractivity contribution in [2.24, 2.45) is 0 Å². The van der Waals surface area contributed by atoms with Crippen LogP contribution in [0.5, 0.6) is 0 Å². The Balaban J connectivity index is 2.06. The van der Waals surface area contributed by atoms with Crippen LogP contribution in [0.15, 0.2) is 0 Å². The first-order chi connectivity index (χ1) is 7.29. The molecule has 3 rings (SSSR count). The van der Waals surface area contributed by atoms with Crippen molar-refractivity contribution in [2.75, 3.05) is 7.05 Å². The van der Waals surface area contributed by atoms with E-state index in [1.54, 1.807) is 11.3 Å². The van der Waals surface area contributed by atoms with E-state index in [0.29, 0.717) is 5.92 Å². The van der Waals surface area contributed by atoms with Gasteiger partial charge in [-0.05, 0) is 26.8 Å². The standard InChI is InChI=1S/C9H13N5S/c1-5(10-2)8-13-14-7(6-3-4-6)11-12-9(14)15-8/h5-6,10H,3-4H2,1-2H3. The lowest BCUT2D eigenvalue weighted by Gasteiger charge is -2.03. The van der Waals surface area contributed by atoms with E-state index in [2.05, 4.69) is 27.5 Å². The monoisotopic (exact) mass is 223 g/mol. The maximum Gasteiger partial charge on any atom is 0.234 e. The third-order valence-electron chi connectivity index (χ3n) is 2.78. The van der Waals surface area contributed by atoms with Crippen LogP contribution in [0.4, 0.5) is 0 Å². The maximum atomic E-state index is 4.55. The Morgan fingerprint density at radius 1 is 1.47 bits per heavy atom. The Bertz CT molecular complexity index is 484. The van der Waals surface area contributed by atoms with Gasteiger partial charge < -0.3 is 5.32 Å². The van der Waals surface area contributed by atoms with E-state index in [9.17, 15) is 0 Å². The van der Waals surface area contributed by atoms with Gasteiger partial charge in [0.15, 0.2) is 5.82 Å². The Morgan fingerprint density at radius 2 is 2.27 bits per heavy atom. The SMILES string of the molecule is CNC(C)c1nn2c(C3CC3)nnc2s1. The average molecular weight is 223 g/mol. The first kappa shape index (κ1) is 9.23. The van der Waals surface area contributed by atoms with Gasteiger partial charge in [-0.3, -0.25) is 0 Å². The highest BCUT2D eigenvalue weighted by Crippen LogP contribution is 2.39. The van der Waals surface area contributed by atoms with Crippen LogP contribution in [-0.4, -0.2) is 26.9 Å². The highest BCUT2D eigenvalue weighted by Gasteiger charge is 2.30. The lowest BCUT2D eigenvalue weighted by molar-refractivity contribution is 0.631. The summed E-state index contributed by atoms with van der Waals surface area (Å²) in [6.07, 6.45) is 2.46. The molecular formula is C9H13N5S. The smallest absolute Gasteiger partial charge is 0.234 e. The minimum absolute atomic E-state index is 0.281. The van der Waals surface area contributed by atoms with Crippen molar-refractivity contribution >= 4 is 16.3 Å². The highest BCUT2D eigenvalue weighted by atomic mass is 32.1. The summed E-state index contributed by atoms with van der Waals surface area (Å²) in [4.78, 5) is 0.911. The van der Waals surface area contributed by atoms with Gasteiger partial charge in [0.25, 0.3) is 0 Å². The molecule has 1 atom stereocenters. The van der Waals surface area contributed by atoms with Crippen LogP contribution in [0.25, 0.3) is 4.96 Å². The predicted molar refractivity (Wildman–Crippen MR) is 58.1 cm³/mol. The molecule has 0 saturated heterocycles. The molecule has 2 aromatic rings. The Kier molecular flexibility index (Phi) is 2.00. The molecule has 1 aliphatic carbocycles. The summed E-state index contributed by atoms with van der Waals surface area (Å²) < 4.78 is 1.91. The number of hydrogen-bond donors (Lipinski definition) is 1. The van der Waals surface area contributed by atoms with Crippen LogP contribution >= 0.6 is 11.3 Å². The topological polar surface area (TPSA) is 55.1 Å². The van der Waals surface area contributed by atoms with Crippen molar-refractivity contribution in [1.29, 1.82) is 0 Å². The van der Waals surface area contributed by atoms with E-state index in [4.69, 9.17) is 0 Å². The molecule has 1 unspecified atom stereocenters. The molecule has 0 spiro atoms. The summed E-state index contributed by atoms with van der Waals surface area (Å²) >= 11 is 1.61. The average Bonchev–Trinajstić information content (AvgIpc) is 2.87. The number of nitrogens with one attached hydrogen (secondary N) is 1. The molecular weight excluding hydrogens is 210 g/mol. The van der Waals surface area contributed by atoms with Gasteiger partial charge in [-0.1, -0.05) is 11.3 Å². The zero-order valence-corrected chi connectivity index (χ0v) is 9.58. The van der Waals surface area contributed by atoms with Gasteiger partial charge in [-0.2, -0.15) is 9.61 Å². The molecule has 80 valence electrons. The van der Waals surface area contributed by atoms with Crippen molar-refractivity contribution in [3.8, 4) is 0 Å². The van der Waals surface area contributed by atoms with Crippen molar-refractivity contribution in [3.05, 3.63) is 10.8 Å². The van der Waals surface area contributed by atoms with E-state index in [1.807, 2.05) is 11.6 Å². The van der Waals surface area contributed by atoms with Crippen molar-refractivity contribution in [3.63, 3.8) is 0 Å². The molecule has 2 aromatic heterocycles. The third kappa shape index (κ3) is 1.44. The van der Waals surface area contributed by atoms with Gasteiger partial charge in [0.05, 0.1) is 6.04 Å². The molecule has 0 bridgehead atoms. The minimum atomic E-state index is 0.281. The number of aromatic nitrogens is 4. The molecule has 0 radical (unpaired) electrons. The largest absolute Gasteiger partial charge is 0.311 e. The van der Waals surface area contributed by atoms with Gasteiger partial charge in [0, 0.05) is 5.92 Å². The Labute approximate surface area is 91.5 Å². The van der Waals surface area contributed by atoms with E-state index in [-0.39, 0.29) is 6.04 Å². The first-order valence-electron chi connectivity index (χ1n) is 5.19. The molecule has 2 heterocycles. The molecule has 0 amide bonds. The fraction of sp³-hybridized carbons (Fsp3) is 0.667. The predicted octanol–water partition coefficient (Wildman–Crippen LogP) is 1.34.